The third-order valence-electron chi connectivity index (χ3n) is 6.06. The van der Waals surface area contributed by atoms with E-state index in [1.807, 2.05) is 61.5 Å². The quantitative estimate of drug-likeness (QED) is 0.436. The summed E-state index contributed by atoms with van der Waals surface area (Å²) in [5.41, 5.74) is 7.80. The van der Waals surface area contributed by atoms with E-state index in [1.165, 1.54) is 12.0 Å². The third-order valence-corrected chi connectivity index (χ3v) is 6.06. The van der Waals surface area contributed by atoms with Gasteiger partial charge in [0.25, 0.3) is 5.91 Å². The van der Waals surface area contributed by atoms with Gasteiger partial charge in [0.05, 0.1) is 18.9 Å². The van der Waals surface area contributed by atoms with E-state index in [0.717, 1.165) is 16.7 Å². The lowest BCUT2D eigenvalue weighted by Crippen LogP contribution is -2.45. The van der Waals surface area contributed by atoms with Crippen molar-refractivity contribution in [1.82, 2.24) is 15.7 Å². The van der Waals surface area contributed by atoms with Crippen molar-refractivity contribution in [1.29, 1.82) is 0 Å². The Balaban J connectivity index is 1.48. The van der Waals surface area contributed by atoms with Crippen molar-refractivity contribution < 1.29 is 19.5 Å². The summed E-state index contributed by atoms with van der Waals surface area (Å²) in [5, 5.41) is 13.2. The summed E-state index contributed by atoms with van der Waals surface area (Å²) < 4.78 is 0. The van der Waals surface area contributed by atoms with E-state index in [0.29, 0.717) is 16.8 Å². The summed E-state index contributed by atoms with van der Waals surface area (Å²) in [7, 11) is 1.47. The van der Waals surface area contributed by atoms with E-state index in [2.05, 4.69) is 10.8 Å². The van der Waals surface area contributed by atoms with Crippen LogP contribution in [0.5, 0.6) is 0 Å². The Morgan fingerprint density at radius 2 is 1.71 bits per heavy atom. The fourth-order valence-electron chi connectivity index (χ4n) is 4.18. The smallest absolute Gasteiger partial charge is 0.258 e. The molecule has 0 radical (unpaired) electrons. The molecule has 4 rings (SSSR count). The van der Waals surface area contributed by atoms with Gasteiger partial charge in [0.15, 0.2) is 0 Å². The van der Waals surface area contributed by atoms with Crippen LogP contribution in [0.4, 0.5) is 0 Å². The van der Waals surface area contributed by atoms with Crippen molar-refractivity contribution in [2.75, 3.05) is 13.7 Å². The first kappa shape index (κ1) is 24.2. The highest BCUT2D eigenvalue weighted by Crippen LogP contribution is 2.26. The minimum atomic E-state index is -0.843. The predicted molar refractivity (Wildman–Crippen MR) is 134 cm³/mol. The summed E-state index contributed by atoms with van der Waals surface area (Å²) in [6.07, 6.45) is 1.02. The molecule has 0 aliphatic carbocycles. The monoisotopic (exact) mass is 471 g/mol. The maximum absolute atomic E-state index is 13.4. The Hall–Kier alpha value is -3.94. The zero-order valence-corrected chi connectivity index (χ0v) is 19.8. The van der Waals surface area contributed by atoms with Crippen molar-refractivity contribution in [2.24, 2.45) is 0 Å². The number of hydrogen-bond donors (Lipinski definition) is 3. The first-order valence-corrected chi connectivity index (χ1v) is 11.5. The first-order chi connectivity index (χ1) is 17.0. The molecule has 0 bridgehead atoms. The van der Waals surface area contributed by atoms with Gasteiger partial charge in [0.1, 0.15) is 6.04 Å². The molecule has 3 N–H and O–H groups in total. The molecular weight excluding hydrogens is 442 g/mol. The Morgan fingerprint density at radius 1 is 1.03 bits per heavy atom. The Morgan fingerprint density at radius 3 is 2.40 bits per heavy atom. The van der Waals surface area contributed by atoms with Gasteiger partial charge in [-0.2, -0.15) is 0 Å². The van der Waals surface area contributed by atoms with Gasteiger partial charge in [-0.05, 0) is 41.3 Å². The van der Waals surface area contributed by atoms with Crippen molar-refractivity contribution in [3.8, 4) is 11.1 Å². The molecule has 1 heterocycles. The van der Waals surface area contributed by atoms with Gasteiger partial charge in [-0.1, -0.05) is 66.7 Å². The topological polar surface area (TPSA) is 90.9 Å². The molecule has 3 aromatic carbocycles. The van der Waals surface area contributed by atoms with Crippen LogP contribution in [-0.4, -0.2) is 41.5 Å². The number of benzene rings is 3. The highest BCUT2D eigenvalue weighted by atomic mass is 16.6. The van der Waals surface area contributed by atoms with E-state index < -0.39 is 12.1 Å². The van der Waals surface area contributed by atoms with Crippen LogP contribution in [0.2, 0.25) is 0 Å². The summed E-state index contributed by atoms with van der Waals surface area (Å²) >= 11 is 0. The lowest BCUT2D eigenvalue weighted by Gasteiger charge is -2.23. The van der Waals surface area contributed by atoms with Crippen LogP contribution in [0.25, 0.3) is 11.1 Å². The minimum Gasteiger partial charge on any atom is -0.387 e. The molecule has 2 atom stereocenters. The number of aliphatic hydroxyl groups excluding tert-OH is 1. The molecule has 0 aromatic heterocycles. The number of amides is 2. The highest BCUT2D eigenvalue weighted by molar-refractivity contribution is 5.99. The average Bonchev–Trinajstić information content (AvgIpc) is 3.32. The van der Waals surface area contributed by atoms with Crippen LogP contribution in [0.1, 0.15) is 34.0 Å². The van der Waals surface area contributed by atoms with Gasteiger partial charge in [0.2, 0.25) is 5.91 Å². The molecule has 0 spiro atoms. The van der Waals surface area contributed by atoms with Crippen LogP contribution in [0, 0.1) is 6.92 Å². The number of nitrogens with zero attached hydrogens (tertiary/aromatic N) is 1. The molecule has 2 amide bonds. The van der Waals surface area contributed by atoms with E-state index in [4.69, 9.17) is 4.84 Å². The maximum atomic E-state index is 13.4. The third kappa shape index (κ3) is 5.59. The summed E-state index contributed by atoms with van der Waals surface area (Å²) in [4.78, 5) is 32.8. The van der Waals surface area contributed by atoms with Crippen LogP contribution in [0.3, 0.4) is 0 Å². The number of aliphatic hydroxyl groups is 1. The van der Waals surface area contributed by atoms with Gasteiger partial charge >= 0.3 is 0 Å². The second kappa shape index (κ2) is 11.0. The number of hydroxylamine groups is 1. The van der Waals surface area contributed by atoms with E-state index in [1.54, 1.807) is 30.5 Å². The molecule has 0 saturated heterocycles. The number of carbonyl (C=O) groups excluding carboxylic acids is 2. The molecule has 0 saturated carbocycles. The SMILES string of the molecule is CONC1=CN(C(=O)c2ccc(-c3ccccc3C)cc2)[C@H](C(=O)NC[C@H](O)c2ccccc2)C1. The average molecular weight is 472 g/mol. The Bertz CT molecular complexity index is 1210. The van der Waals surface area contributed by atoms with Gasteiger partial charge in [-0.15, -0.1) is 0 Å². The van der Waals surface area contributed by atoms with Crippen molar-refractivity contribution in [3.05, 3.63) is 107 Å². The molecule has 180 valence electrons. The van der Waals surface area contributed by atoms with E-state index >= 15 is 0 Å². The normalized spacial score (nSPS) is 15.9. The number of nitrogens with one attached hydrogen (secondary N) is 2. The zero-order valence-electron chi connectivity index (χ0n) is 19.8. The van der Waals surface area contributed by atoms with E-state index in [-0.39, 0.29) is 24.8 Å². The fraction of sp³-hybridized carbons (Fsp3) is 0.214. The molecule has 1 aliphatic heterocycles. The molecule has 35 heavy (non-hydrogen) atoms. The predicted octanol–water partition coefficient (Wildman–Crippen LogP) is 3.72. The summed E-state index contributed by atoms with van der Waals surface area (Å²) in [6.45, 7) is 2.09. The van der Waals surface area contributed by atoms with Crippen LogP contribution >= 0.6 is 0 Å². The standard InChI is InChI=1S/C28H29N3O4/c1-19-8-6-7-11-24(19)20-12-14-22(15-13-20)28(34)31-18-23(30-35-2)16-25(31)27(33)29-17-26(32)21-9-4-3-5-10-21/h3-15,18,25-26,30,32H,16-17H2,1-2H3,(H,29,33)/t25-,26-/m0/s1. The second-order valence-electron chi connectivity index (χ2n) is 8.46. The van der Waals surface area contributed by atoms with Crippen LogP contribution in [-0.2, 0) is 9.63 Å². The van der Waals surface area contributed by atoms with Crippen LogP contribution in [0.15, 0.2) is 90.8 Å². The van der Waals surface area contributed by atoms with Gasteiger partial charge in [-0.25, -0.2) is 0 Å². The summed E-state index contributed by atoms with van der Waals surface area (Å²) in [5.74, 6) is -0.646. The minimum absolute atomic E-state index is 0.0412. The molecule has 0 fully saturated rings. The van der Waals surface area contributed by atoms with Gasteiger partial charge in [0, 0.05) is 24.7 Å². The summed E-state index contributed by atoms with van der Waals surface area (Å²) in [6, 6.07) is 23.8. The van der Waals surface area contributed by atoms with Crippen LogP contribution < -0.4 is 10.8 Å². The lowest BCUT2D eigenvalue weighted by atomic mass is 9.99. The van der Waals surface area contributed by atoms with Gasteiger partial charge < -0.3 is 15.3 Å². The fourth-order valence-corrected chi connectivity index (χ4v) is 4.18. The zero-order chi connectivity index (χ0) is 24.8. The number of aryl methyl sites for hydroxylation is 1. The highest BCUT2D eigenvalue weighted by Gasteiger charge is 2.35. The van der Waals surface area contributed by atoms with E-state index in [9.17, 15) is 14.7 Å². The largest absolute Gasteiger partial charge is 0.387 e. The first-order valence-electron chi connectivity index (χ1n) is 11.5. The maximum Gasteiger partial charge on any atom is 0.258 e. The van der Waals surface area contributed by atoms with Gasteiger partial charge in [-0.3, -0.25) is 19.9 Å². The molecule has 1 aliphatic rings. The molecule has 7 nitrogen and oxygen atoms in total. The van der Waals surface area contributed by atoms with Crippen molar-refractivity contribution >= 4 is 11.8 Å². The number of carbonyl (C=O) groups is 2. The Kier molecular flexibility index (Phi) is 7.60. The molecule has 7 heteroatoms. The van der Waals surface area contributed by atoms with Crippen molar-refractivity contribution in [3.63, 3.8) is 0 Å². The second-order valence-corrected chi connectivity index (χ2v) is 8.46. The number of rotatable bonds is 8. The lowest BCUT2D eigenvalue weighted by molar-refractivity contribution is -0.125. The Labute approximate surface area is 205 Å². The molecule has 0 unspecified atom stereocenters. The number of hydrogen-bond acceptors (Lipinski definition) is 5. The molecule has 3 aromatic rings. The van der Waals surface area contributed by atoms with Crippen molar-refractivity contribution in [2.45, 2.75) is 25.5 Å². The molecular formula is C28H29N3O4.